The van der Waals surface area contributed by atoms with Gasteiger partial charge in [0.05, 0.1) is 26.4 Å². The van der Waals surface area contributed by atoms with Crippen LogP contribution in [-0.2, 0) is 65.4 Å². The Kier molecular flexibility index (Phi) is 68.4. The fraction of sp³-hybridized carbons (Fsp3) is 0.949. The van der Waals surface area contributed by atoms with Gasteiger partial charge >= 0.3 is 39.5 Å². The summed E-state index contributed by atoms with van der Waals surface area (Å²) < 4.78 is 68.5. The van der Waals surface area contributed by atoms with E-state index in [1.807, 2.05) is 0 Å². The Morgan fingerprint density at radius 1 is 0.278 bits per heavy atom. The summed E-state index contributed by atoms with van der Waals surface area (Å²) in [4.78, 5) is 72.8. The van der Waals surface area contributed by atoms with Gasteiger partial charge in [0.1, 0.15) is 19.3 Å². The maximum atomic E-state index is 13.1. The lowest BCUT2D eigenvalue weighted by Crippen LogP contribution is -2.30. The number of aliphatic hydroxyl groups excluding tert-OH is 1. The highest BCUT2D eigenvalue weighted by molar-refractivity contribution is 7.47. The summed E-state index contributed by atoms with van der Waals surface area (Å²) >= 11 is 0. The Morgan fingerprint density at radius 2 is 0.474 bits per heavy atom. The monoisotopic (exact) mass is 1420 g/mol. The fourth-order valence-corrected chi connectivity index (χ4v) is 13.6. The van der Waals surface area contributed by atoms with Crippen LogP contribution in [0.5, 0.6) is 0 Å². The third-order valence-corrected chi connectivity index (χ3v) is 20.1. The predicted molar refractivity (Wildman–Crippen MR) is 395 cm³/mol. The van der Waals surface area contributed by atoms with Crippen LogP contribution in [0.1, 0.15) is 408 Å². The van der Waals surface area contributed by atoms with E-state index in [0.717, 1.165) is 102 Å². The molecule has 0 bridgehead atoms. The molecule has 0 aliphatic rings. The van der Waals surface area contributed by atoms with Gasteiger partial charge in [0.15, 0.2) is 12.2 Å². The van der Waals surface area contributed by atoms with Gasteiger partial charge < -0.3 is 33.8 Å². The molecular weight excluding hydrogens is 1270 g/mol. The highest BCUT2D eigenvalue weighted by Gasteiger charge is 2.30. The molecule has 0 aliphatic carbocycles. The number of carbonyl (C=O) groups is 4. The van der Waals surface area contributed by atoms with Crippen molar-refractivity contribution in [2.75, 3.05) is 39.6 Å². The third kappa shape index (κ3) is 72.2. The van der Waals surface area contributed by atoms with Crippen molar-refractivity contribution in [3.63, 3.8) is 0 Å². The molecule has 97 heavy (non-hydrogen) atoms. The van der Waals surface area contributed by atoms with Crippen LogP contribution in [0.2, 0.25) is 0 Å². The summed E-state index contributed by atoms with van der Waals surface area (Å²) in [5.74, 6) is -0.575. The van der Waals surface area contributed by atoms with E-state index in [9.17, 15) is 43.2 Å². The smallest absolute Gasteiger partial charge is 0.462 e. The number of hydrogen-bond acceptors (Lipinski definition) is 15. The highest BCUT2D eigenvalue weighted by Crippen LogP contribution is 2.45. The molecule has 0 rings (SSSR count). The first kappa shape index (κ1) is 95.1. The van der Waals surface area contributed by atoms with Gasteiger partial charge in [-0.3, -0.25) is 37.3 Å². The Bertz CT molecular complexity index is 1870. The zero-order valence-electron chi connectivity index (χ0n) is 63.4. The number of esters is 4. The molecular formula is C78H152O17P2. The zero-order valence-corrected chi connectivity index (χ0v) is 65.2. The molecule has 0 aromatic heterocycles. The van der Waals surface area contributed by atoms with E-state index < -0.39 is 97.5 Å². The van der Waals surface area contributed by atoms with E-state index in [-0.39, 0.29) is 25.7 Å². The standard InChI is InChI=1S/C78H152O17P2/c1-7-9-11-13-15-17-19-20-25-29-32-36-43-49-55-61-76(81)89-66-73(94-77(82)62-56-50-44-37-33-30-27-24-22-21-23-26-28-31-34-40-46-52-58-70(3)4)68-92-96(84,85)90-64-72(79)65-91-97(86,87)93-69-74(67-88-75(80)60-54-48-42-35-18-16-14-12-10-8-2)95-78(83)63-57-51-45-39-38-41-47-53-59-71(5)6/h70-74,79H,7-69H2,1-6H3,(H,84,85)(H,86,87)/t72-,73-,74-/m1/s1. The molecule has 0 amide bonds. The van der Waals surface area contributed by atoms with Crippen molar-refractivity contribution < 1.29 is 80.2 Å². The minimum atomic E-state index is -4.96. The van der Waals surface area contributed by atoms with Gasteiger partial charge in [0.25, 0.3) is 0 Å². The van der Waals surface area contributed by atoms with Gasteiger partial charge in [-0.05, 0) is 37.5 Å². The summed E-state index contributed by atoms with van der Waals surface area (Å²) in [6, 6.07) is 0. The largest absolute Gasteiger partial charge is 0.472 e. The Labute approximate surface area is 594 Å². The van der Waals surface area contributed by atoms with E-state index in [4.69, 9.17) is 37.0 Å². The first-order valence-corrected chi connectivity index (χ1v) is 43.5. The molecule has 0 aromatic rings. The van der Waals surface area contributed by atoms with E-state index in [2.05, 4.69) is 41.5 Å². The number of ether oxygens (including phenoxy) is 4. The van der Waals surface area contributed by atoms with Gasteiger partial charge in [0.2, 0.25) is 0 Å². The van der Waals surface area contributed by atoms with Crippen LogP contribution in [0.25, 0.3) is 0 Å². The number of phosphoric ester groups is 2. The third-order valence-electron chi connectivity index (χ3n) is 18.2. The second-order valence-electron chi connectivity index (χ2n) is 29.1. The number of phosphoric acid groups is 2. The summed E-state index contributed by atoms with van der Waals surface area (Å²) in [5, 5.41) is 10.6. The molecule has 3 N–H and O–H groups in total. The zero-order chi connectivity index (χ0) is 71.4. The molecule has 0 radical (unpaired) electrons. The quantitative estimate of drug-likeness (QED) is 0.0222. The van der Waals surface area contributed by atoms with Crippen molar-refractivity contribution in [3.05, 3.63) is 0 Å². The number of aliphatic hydroxyl groups is 1. The van der Waals surface area contributed by atoms with Crippen molar-refractivity contribution in [1.82, 2.24) is 0 Å². The molecule has 576 valence electrons. The van der Waals surface area contributed by atoms with Gasteiger partial charge in [0, 0.05) is 25.7 Å². The van der Waals surface area contributed by atoms with Crippen molar-refractivity contribution in [1.29, 1.82) is 0 Å². The maximum absolute atomic E-state index is 13.1. The lowest BCUT2D eigenvalue weighted by atomic mass is 10.0. The molecule has 0 aliphatic heterocycles. The SMILES string of the molecule is CCCCCCCCCCCCCCCCCC(=O)OC[C@H](COP(=O)(O)OC[C@@H](O)COP(=O)(O)OC[C@@H](COC(=O)CCCCCCCCCCCC)OC(=O)CCCCCCCCCCC(C)C)OC(=O)CCCCCCCCCCCCCCCCCCCCC(C)C. The molecule has 2 unspecified atom stereocenters. The molecule has 0 fully saturated rings. The molecule has 0 spiro atoms. The van der Waals surface area contributed by atoms with Crippen molar-refractivity contribution in [2.24, 2.45) is 11.8 Å². The maximum Gasteiger partial charge on any atom is 0.472 e. The van der Waals surface area contributed by atoms with Gasteiger partial charge in [-0.2, -0.15) is 0 Å². The van der Waals surface area contributed by atoms with Crippen LogP contribution in [0.15, 0.2) is 0 Å². The van der Waals surface area contributed by atoms with Crippen LogP contribution in [0.4, 0.5) is 0 Å². The summed E-state index contributed by atoms with van der Waals surface area (Å²) in [6.07, 6.45) is 58.3. The molecule has 0 saturated heterocycles. The first-order valence-electron chi connectivity index (χ1n) is 40.5. The van der Waals surface area contributed by atoms with Crippen LogP contribution in [0.3, 0.4) is 0 Å². The lowest BCUT2D eigenvalue weighted by Gasteiger charge is -2.21. The van der Waals surface area contributed by atoms with E-state index in [1.165, 1.54) is 225 Å². The van der Waals surface area contributed by atoms with Crippen molar-refractivity contribution >= 4 is 39.5 Å². The Hall–Kier alpha value is -1.94. The van der Waals surface area contributed by atoms with Gasteiger partial charge in [-0.15, -0.1) is 0 Å². The number of carbonyl (C=O) groups excluding carboxylic acids is 4. The van der Waals surface area contributed by atoms with Gasteiger partial charge in [-0.1, -0.05) is 356 Å². The minimum absolute atomic E-state index is 0.105. The van der Waals surface area contributed by atoms with Crippen LogP contribution in [0, 0.1) is 11.8 Å². The predicted octanol–water partition coefficient (Wildman–Crippen LogP) is 23.1. The van der Waals surface area contributed by atoms with Crippen molar-refractivity contribution in [2.45, 2.75) is 426 Å². The summed E-state index contributed by atoms with van der Waals surface area (Å²) in [6.45, 7) is 9.60. The average molecular weight is 1420 g/mol. The highest BCUT2D eigenvalue weighted by atomic mass is 31.2. The number of hydrogen-bond donors (Lipinski definition) is 3. The normalized spacial score (nSPS) is 14.0. The number of rotatable bonds is 77. The topological polar surface area (TPSA) is 237 Å². The summed E-state index contributed by atoms with van der Waals surface area (Å²) in [5.41, 5.74) is 0. The molecule has 0 aromatic carbocycles. The summed E-state index contributed by atoms with van der Waals surface area (Å²) in [7, 11) is -9.91. The molecule has 17 nitrogen and oxygen atoms in total. The molecule has 5 atom stereocenters. The van der Waals surface area contributed by atoms with E-state index >= 15 is 0 Å². The van der Waals surface area contributed by atoms with E-state index in [1.54, 1.807) is 0 Å². The average Bonchev–Trinajstić information content (AvgIpc) is 3.10. The van der Waals surface area contributed by atoms with Crippen molar-refractivity contribution in [3.8, 4) is 0 Å². The second-order valence-corrected chi connectivity index (χ2v) is 32.0. The fourth-order valence-electron chi connectivity index (χ4n) is 12.0. The first-order chi connectivity index (χ1) is 46.9. The minimum Gasteiger partial charge on any atom is -0.462 e. The van der Waals surface area contributed by atoms with Gasteiger partial charge in [-0.25, -0.2) is 9.13 Å². The second kappa shape index (κ2) is 69.8. The Morgan fingerprint density at radius 3 is 0.701 bits per heavy atom. The molecule has 0 heterocycles. The molecule has 0 saturated carbocycles. The van der Waals surface area contributed by atoms with Crippen LogP contribution >= 0.6 is 15.6 Å². The molecule has 19 heteroatoms. The number of unbranched alkanes of at least 4 members (excludes halogenated alkanes) is 47. The Balaban J connectivity index is 5.20. The van der Waals surface area contributed by atoms with Crippen LogP contribution in [-0.4, -0.2) is 96.7 Å². The lowest BCUT2D eigenvalue weighted by molar-refractivity contribution is -0.161. The van der Waals surface area contributed by atoms with Crippen LogP contribution < -0.4 is 0 Å². The van der Waals surface area contributed by atoms with E-state index in [0.29, 0.717) is 25.7 Å².